The van der Waals surface area contributed by atoms with E-state index in [2.05, 4.69) is 37.6 Å². The second-order valence-corrected chi connectivity index (χ2v) is 8.56. The number of hydrogen-bond acceptors (Lipinski definition) is 4. The van der Waals surface area contributed by atoms with Gasteiger partial charge >= 0.3 is 0 Å². The number of carbonyl (C=O) groups is 1. The quantitative estimate of drug-likeness (QED) is 0.839. The molecule has 4 nitrogen and oxygen atoms in total. The third-order valence-electron chi connectivity index (χ3n) is 5.28. The van der Waals surface area contributed by atoms with Crippen LogP contribution in [0.3, 0.4) is 0 Å². The lowest BCUT2D eigenvalue weighted by Gasteiger charge is -2.33. The average molecular weight is 367 g/mol. The summed E-state index contributed by atoms with van der Waals surface area (Å²) in [4.78, 5) is 17.7. The van der Waals surface area contributed by atoms with Crippen molar-refractivity contribution >= 4 is 5.78 Å². The number of ketones is 1. The number of nitrogens with zero attached hydrogens (tertiary/aromatic N) is 2. The Morgan fingerprint density at radius 3 is 2.22 bits per heavy atom. The molecule has 2 aromatic carbocycles. The Kier molecular flexibility index (Phi) is 5.68. The molecule has 0 radical (unpaired) electrons. The van der Waals surface area contributed by atoms with E-state index in [1.165, 1.54) is 0 Å². The van der Waals surface area contributed by atoms with E-state index < -0.39 is 0 Å². The van der Waals surface area contributed by atoms with Crippen molar-refractivity contribution in [2.75, 3.05) is 33.2 Å². The van der Waals surface area contributed by atoms with Gasteiger partial charge in [0, 0.05) is 55.0 Å². The molecule has 1 aliphatic heterocycles. The van der Waals surface area contributed by atoms with Gasteiger partial charge in [0.05, 0.1) is 0 Å². The number of phenols is 1. The molecule has 0 aromatic heterocycles. The number of piperazine rings is 1. The van der Waals surface area contributed by atoms with E-state index in [0.29, 0.717) is 23.4 Å². The number of carbonyl (C=O) groups excluding carboxylic acids is 1. The van der Waals surface area contributed by atoms with Crippen molar-refractivity contribution in [2.24, 2.45) is 0 Å². The zero-order valence-electron chi connectivity index (χ0n) is 16.8. The summed E-state index contributed by atoms with van der Waals surface area (Å²) in [5.41, 5.74) is 2.75. The van der Waals surface area contributed by atoms with Crippen molar-refractivity contribution in [1.29, 1.82) is 0 Å². The lowest BCUT2D eigenvalue weighted by molar-refractivity contribution is 0.103. The minimum atomic E-state index is -0.242. The molecule has 3 rings (SSSR count). The average Bonchev–Trinajstić information content (AvgIpc) is 2.64. The molecule has 0 atom stereocenters. The van der Waals surface area contributed by atoms with Crippen LogP contribution in [0.1, 0.15) is 47.8 Å². The zero-order chi connectivity index (χ0) is 19.6. The summed E-state index contributed by atoms with van der Waals surface area (Å²) in [6.07, 6.45) is 0. The molecule has 1 saturated heterocycles. The van der Waals surface area contributed by atoms with Gasteiger partial charge in [0.2, 0.25) is 0 Å². The third-order valence-corrected chi connectivity index (χ3v) is 5.28. The molecule has 2 aromatic rings. The molecule has 144 valence electrons. The molecular formula is C23H30N2O2. The van der Waals surface area contributed by atoms with E-state index in [0.717, 1.165) is 37.3 Å². The fourth-order valence-corrected chi connectivity index (χ4v) is 3.52. The van der Waals surface area contributed by atoms with Gasteiger partial charge in [-0.15, -0.1) is 0 Å². The molecule has 0 saturated carbocycles. The molecule has 0 amide bonds. The van der Waals surface area contributed by atoms with E-state index in [-0.39, 0.29) is 11.2 Å². The predicted octanol–water partition coefficient (Wildman–Crippen LogP) is 3.67. The highest BCUT2D eigenvalue weighted by atomic mass is 16.3. The SMILES string of the molecule is CN1CCN(Cc2cc(C(=O)c3ccccc3)cc(C(C)(C)C)c2O)CC1. The maximum atomic E-state index is 13.0. The van der Waals surface area contributed by atoms with Crippen LogP contribution in [0.25, 0.3) is 0 Å². The topological polar surface area (TPSA) is 43.8 Å². The van der Waals surface area contributed by atoms with Crippen molar-refractivity contribution in [3.8, 4) is 5.75 Å². The van der Waals surface area contributed by atoms with Crippen LogP contribution >= 0.6 is 0 Å². The summed E-state index contributed by atoms with van der Waals surface area (Å²) >= 11 is 0. The molecule has 0 aliphatic carbocycles. The Bertz CT molecular complexity index is 801. The second-order valence-electron chi connectivity index (χ2n) is 8.56. The summed E-state index contributed by atoms with van der Waals surface area (Å²) < 4.78 is 0. The maximum absolute atomic E-state index is 13.0. The highest BCUT2D eigenvalue weighted by molar-refractivity contribution is 6.09. The van der Waals surface area contributed by atoms with Crippen molar-refractivity contribution in [1.82, 2.24) is 9.80 Å². The van der Waals surface area contributed by atoms with Gasteiger partial charge in [-0.3, -0.25) is 9.69 Å². The number of likely N-dealkylation sites (N-methyl/N-ethyl adjacent to an activating group) is 1. The van der Waals surface area contributed by atoms with E-state index in [1.54, 1.807) is 0 Å². The van der Waals surface area contributed by atoms with E-state index in [9.17, 15) is 9.90 Å². The van der Waals surface area contributed by atoms with Crippen LogP contribution in [-0.2, 0) is 12.0 Å². The third kappa shape index (κ3) is 4.57. The molecule has 1 fully saturated rings. The van der Waals surface area contributed by atoms with Crippen LogP contribution < -0.4 is 0 Å². The van der Waals surface area contributed by atoms with Crippen molar-refractivity contribution in [3.63, 3.8) is 0 Å². The summed E-state index contributed by atoms with van der Waals surface area (Å²) in [7, 11) is 2.13. The minimum Gasteiger partial charge on any atom is -0.507 e. The molecule has 4 heteroatoms. The number of aromatic hydroxyl groups is 1. The standard InChI is InChI=1S/C23H30N2O2/c1-23(2,3)20-15-18(21(26)17-8-6-5-7-9-17)14-19(22(20)27)16-25-12-10-24(4)11-13-25/h5-9,14-15,27H,10-13,16H2,1-4H3. The van der Waals surface area contributed by atoms with Crippen LogP contribution in [-0.4, -0.2) is 53.9 Å². The van der Waals surface area contributed by atoms with Crippen LogP contribution in [0.15, 0.2) is 42.5 Å². The molecule has 0 unspecified atom stereocenters. The lowest BCUT2D eigenvalue weighted by Crippen LogP contribution is -2.43. The number of phenolic OH excluding ortho intramolecular Hbond substituents is 1. The highest BCUT2D eigenvalue weighted by Gasteiger charge is 2.25. The first-order valence-corrected chi connectivity index (χ1v) is 9.63. The van der Waals surface area contributed by atoms with Gasteiger partial charge in [-0.05, 0) is 24.6 Å². The minimum absolute atomic E-state index is 0.000674. The van der Waals surface area contributed by atoms with Gasteiger partial charge in [0.25, 0.3) is 0 Å². The Morgan fingerprint density at radius 1 is 1.00 bits per heavy atom. The van der Waals surface area contributed by atoms with Gasteiger partial charge in [-0.25, -0.2) is 0 Å². The van der Waals surface area contributed by atoms with Crippen molar-refractivity contribution < 1.29 is 9.90 Å². The van der Waals surface area contributed by atoms with Gasteiger partial charge in [0.15, 0.2) is 5.78 Å². The lowest BCUT2D eigenvalue weighted by atomic mass is 9.83. The van der Waals surface area contributed by atoms with Crippen LogP contribution in [0.2, 0.25) is 0 Å². The normalized spacial score (nSPS) is 16.4. The first-order valence-electron chi connectivity index (χ1n) is 9.63. The van der Waals surface area contributed by atoms with E-state index in [4.69, 9.17) is 0 Å². The largest absolute Gasteiger partial charge is 0.507 e. The number of benzene rings is 2. The smallest absolute Gasteiger partial charge is 0.193 e. The van der Waals surface area contributed by atoms with Crippen LogP contribution in [0, 0.1) is 0 Å². The summed E-state index contributed by atoms with van der Waals surface area (Å²) in [5, 5.41) is 10.9. The zero-order valence-corrected chi connectivity index (χ0v) is 16.8. The van der Waals surface area contributed by atoms with Gasteiger partial charge in [-0.1, -0.05) is 51.1 Å². The van der Waals surface area contributed by atoms with Crippen LogP contribution in [0.5, 0.6) is 5.75 Å². The summed E-state index contributed by atoms with van der Waals surface area (Å²) in [5.74, 6) is 0.326. The molecular weight excluding hydrogens is 336 g/mol. The fourth-order valence-electron chi connectivity index (χ4n) is 3.52. The Labute approximate surface area is 162 Å². The number of hydrogen-bond donors (Lipinski definition) is 1. The monoisotopic (exact) mass is 366 g/mol. The first kappa shape index (κ1) is 19.6. The van der Waals surface area contributed by atoms with Crippen LogP contribution in [0.4, 0.5) is 0 Å². The van der Waals surface area contributed by atoms with Crippen molar-refractivity contribution in [3.05, 3.63) is 64.7 Å². The molecule has 0 bridgehead atoms. The molecule has 1 aliphatic rings. The first-order chi connectivity index (χ1) is 12.8. The highest BCUT2D eigenvalue weighted by Crippen LogP contribution is 2.35. The molecule has 0 spiro atoms. The van der Waals surface area contributed by atoms with E-state index >= 15 is 0 Å². The molecule has 1 N–H and O–H groups in total. The molecule has 1 heterocycles. The summed E-state index contributed by atoms with van der Waals surface area (Å²) in [6, 6.07) is 13.1. The van der Waals surface area contributed by atoms with Crippen molar-refractivity contribution in [2.45, 2.75) is 32.7 Å². The number of rotatable bonds is 4. The molecule has 27 heavy (non-hydrogen) atoms. The van der Waals surface area contributed by atoms with E-state index in [1.807, 2.05) is 42.5 Å². The second kappa shape index (κ2) is 7.83. The van der Waals surface area contributed by atoms with Gasteiger partial charge in [-0.2, -0.15) is 0 Å². The van der Waals surface area contributed by atoms with Gasteiger partial charge < -0.3 is 10.0 Å². The maximum Gasteiger partial charge on any atom is 0.193 e. The summed E-state index contributed by atoms with van der Waals surface area (Å²) in [6.45, 7) is 10.9. The Balaban J connectivity index is 1.98. The fraction of sp³-hybridized carbons (Fsp3) is 0.435. The Hall–Kier alpha value is -2.17. The van der Waals surface area contributed by atoms with Gasteiger partial charge in [0.1, 0.15) is 5.75 Å². The predicted molar refractivity (Wildman–Crippen MR) is 109 cm³/mol. The Morgan fingerprint density at radius 2 is 1.63 bits per heavy atom.